The van der Waals surface area contributed by atoms with Crippen LogP contribution in [0.2, 0.25) is 0 Å². The second kappa shape index (κ2) is 10.1. The molecule has 7 nitrogen and oxygen atoms in total. The molecule has 0 radical (unpaired) electrons. The normalized spacial score (nSPS) is 19.9. The number of rotatable bonds is 8. The van der Waals surface area contributed by atoms with E-state index >= 15 is 0 Å². The molecule has 0 aliphatic heterocycles. The number of fused-ring (bicyclic) bond motifs is 3. The fourth-order valence-electron chi connectivity index (χ4n) is 5.05. The number of aliphatic carboxylic acids is 1. The van der Waals surface area contributed by atoms with Gasteiger partial charge in [-0.25, -0.2) is 4.79 Å². The van der Waals surface area contributed by atoms with Gasteiger partial charge in [-0.1, -0.05) is 61.9 Å². The Kier molecular flexibility index (Phi) is 6.96. The van der Waals surface area contributed by atoms with Crippen molar-refractivity contribution < 1.29 is 24.2 Å². The molecule has 33 heavy (non-hydrogen) atoms. The average Bonchev–Trinajstić information content (AvgIpc) is 3.39. The third kappa shape index (κ3) is 5.02. The Morgan fingerprint density at radius 3 is 2.27 bits per heavy atom. The standard InChI is InChI=1S/C26H30N2O5/c1-2-16(14-24(29)30)27-25(31)21-12-7-13-23(21)28-26(32)33-15-22-19-10-5-3-8-17(19)18-9-4-6-11-20(18)22/h3-6,8-11,16,21-23H,2,7,12-15H2,1H3,(H,27,31)(H,28,32)(H,29,30). The summed E-state index contributed by atoms with van der Waals surface area (Å²) < 4.78 is 5.63. The molecule has 174 valence electrons. The highest BCUT2D eigenvalue weighted by Crippen LogP contribution is 2.44. The number of carbonyl (C=O) groups excluding carboxylic acids is 2. The monoisotopic (exact) mass is 450 g/mol. The predicted molar refractivity (Wildman–Crippen MR) is 124 cm³/mol. The van der Waals surface area contributed by atoms with E-state index in [-0.39, 0.29) is 36.8 Å². The van der Waals surface area contributed by atoms with E-state index in [0.29, 0.717) is 19.3 Å². The van der Waals surface area contributed by atoms with Crippen molar-refractivity contribution in [1.29, 1.82) is 0 Å². The number of hydrogen-bond donors (Lipinski definition) is 3. The van der Waals surface area contributed by atoms with Crippen LogP contribution in [0.1, 0.15) is 56.1 Å². The van der Waals surface area contributed by atoms with Crippen molar-refractivity contribution in [2.75, 3.05) is 6.61 Å². The van der Waals surface area contributed by atoms with E-state index in [0.717, 1.165) is 17.5 Å². The van der Waals surface area contributed by atoms with Gasteiger partial charge >= 0.3 is 12.1 Å². The van der Waals surface area contributed by atoms with E-state index in [2.05, 4.69) is 34.9 Å². The van der Waals surface area contributed by atoms with E-state index in [9.17, 15) is 14.4 Å². The Morgan fingerprint density at radius 2 is 1.67 bits per heavy atom. The van der Waals surface area contributed by atoms with Gasteiger partial charge in [-0.15, -0.1) is 0 Å². The lowest BCUT2D eigenvalue weighted by Gasteiger charge is -2.23. The Bertz CT molecular complexity index is 991. The summed E-state index contributed by atoms with van der Waals surface area (Å²) in [6.45, 7) is 2.06. The van der Waals surface area contributed by atoms with Crippen molar-refractivity contribution in [2.45, 2.75) is 57.0 Å². The summed E-state index contributed by atoms with van der Waals surface area (Å²) >= 11 is 0. The van der Waals surface area contributed by atoms with Crippen LogP contribution >= 0.6 is 0 Å². The number of carboxylic acid groups (broad SMARTS) is 1. The lowest BCUT2D eigenvalue weighted by Crippen LogP contribution is -2.47. The Balaban J connectivity index is 1.35. The van der Waals surface area contributed by atoms with Gasteiger partial charge in [0, 0.05) is 18.0 Å². The van der Waals surface area contributed by atoms with Gasteiger partial charge in [0.2, 0.25) is 5.91 Å². The van der Waals surface area contributed by atoms with Crippen LogP contribution in [0.4, 0.5) is 4.79 Å². The summed E-state index contributed by atoms with van der Waals surface area (Å²) in [6.07, 6.45) is 2.07. The minimum absolute atomic E-state index is 0.0212. The van der Waals surface area contributed by atoms with Gasteiger partial charge in [-0.2, -0.15) is 0 Å². The van der Waals surface area contributed by atoms with Gasteiger partial charge in [0.1, 0.15) is 6.61 Å². The fraction of sp³-hybridized carbons (Fsp3) is 0.423. The van der Waals surface area contributed by atoms with Gasteiger partial charge in [-0.05, 0) is 41.5 Å². The summed E-state index contributed by atoms with van der Waals surface area (Å²) in [5.74, 6) is -1.55. The number of carbonyl (C=O) groups is 3. The Hall–Kier alpha value is -3.35. The maximum absolute atomic E-state index is 12.7. The summed E-state index contributed by atoms with van der Waals surface area (Å²) in [7, 11) is 0. The molecular weight excluding hydrogens is 420 g/mol. The zero-order valence-electron chi connectivity index (χ0n) is 18.8. The number of carboxylic acids is 1. The van der Waals surface area contributed by atoms with Gasteiger partial charge in [0.25, 0.3) is 0 Å². The number of alkyl carbamates (subject to hydrolysis) is 1. The molecular formula is C26H30N2O5. The lowest BCUT2D eigenvalue weighted by molar-refractivity contribution is -0.137. The van der Waals surface area contributed by atoms with Crippen molar-refractivity contribution in [3.8, 4) is 11.1 Å². The minimum Gasteiger partial charge on any atom is -0.481 e. The molecule has 7 heteroatoms. The van der Waals surface area contributed by atoms with Crippen LogP contribution in [0.25, 0.3) is 11.1 Å². The fourth-order valence-corrected chi connectivity index (χ4v) is 5.05. The van der Waals surface area contributed by atoms with Crippen molar-refractivity contribution in [3.63, 3.8) is 0 Å². The summed E-state index contributed by atoms with van der Waals surface area (Å²) in [5.41, 5.74) is 4.63. The molecule has 0 saturated heterocycles. The largest absolute Gasteiger partial charge is 0.481 e. The highest BCUT2D eigenvalue weighted by Gasteiger charge is 2.36. The molecule has 2 aromatic carbocycles. The zero-order valence-corrected chi connectivity index (χ0v) is 18.8. The Morgan fingerprint density at radius 1 is 1.03 bits per heavy atom. The SMILES string of the molecule is CCC(CC(=O)O)NC(=O)C1CCCC1NC(=O)OCC1c2ccccc2-c2ccccc21. The molecule has 3 unspecified atom stereocenters. The van der Waals surface area contributed by atoms with Crippen molar-refractivity contribution in [3.05, 3.63) is 59.7 Å². The van der Waals surface area contributed by atoms with Crippen molar-refractivity contribution in [2.24, 2.45) is 5.92 Å². The van der Waals surface area contributed by atoms with E-state index in [4.69, 9.17) is 9.84 Å². The highest BCUT2D eigenvalue weighted by atomic mass is 16.5. The quantitative estimate of drug-likeness (QED) is 0.563. The molecule has 2 aliphatic carbocycles. The van der Waals surface area contributed by atoms with Crippen LogP contribution in [0, 0.1) is 5.92 Å². The van der Waals surface area contributed by atoms with Crippen LogP contribution in [0.3, 0.4) is 0 Å². The molecule has 2 amide bonds. The summed E-state index contributed by atoms with van der Waals surface area (Å²) in [4.78, 5) is 36.4. The molecule has 2 aliphatic rings. The van der Waals surface area contributed by atoms with Crippen LogP contribution in [-0.2, 0) is 14.3 Å². The third-order valence-corrected chi connectivity index (χ3v) is 6.76. The van der Waals surface area contributed by atoms with Gasteiger partial charge < -0.3 is 20.5 Å². The molecule has 0 bridgehead atoms. The van der Waals surface area contributed by atoms with Crippen LogP contribution in [0.15, 0.2) is 48.5 Å². The van der Waals surface area contributed by atoms with Crippen LogP contribution in [-0.4, -0.2) is 41.8 Å². The number of hydrogen-bond acceptors (Lipinski definition) is 4. The Labute approximate surface area is 193 Å². The highest BCUT2D eigenvalue weighted by molar-refractivity contribution is 5.82. The molecule has 1 fully saturated rings. The van der Waals surface area contributed by atoms with Crippen LogP contribution in [0.5, 0.6) is 0 Å². The first-order valence-corrected chi connectivity index (χ1v) is 11.6. The zero-order chi connectivity index (χ0) is 23.4. The third-order valence-electron chi connectivity index (χ3n) is 6.76. The molecule has 0 spiro atoms. The maximum atomic E-state index is 12.7. The van der Waals surface area contributed by atoms with E-state index in [1.807, 2.05) is 31.2 Å². The second-order valence-corrected chi connectivity index (χ2v) is 8.83. The molecule has 3 atom stereocenters. The van der Waals surface area contributed by atoms with E-state index < -0.39 is 18.1 Å². The van der Waals surface area contributed by atoms with E-state index in [1.54, 1.807) is 0 Å². The first-order chi connectivity index (χ1) is 16.0. The van der Waals surface area contributed by atoms with Crippen LogP contribution < -0.4 is 10.6 Å². The number of benzene rings is 2. The summed E-state index contributed by atoms with van der Waals surface area (Å²) in [6, 6.07) is 15.6. The van der Waals surface area contributed by atoms with Crippen molar-refractivity contribution >= 4 is 18.0 Å². The topological polar surface area (TPSA) is 105 Å². The lowest BCUT2D eigenvalue weighted by atomic mass is 9.98. The minimum atomic E-state index is -0.943. The molecule has 4 rings (SSSR count). The predicted octanol–water partition coefficient (Wildman–Crippen LogP) is 4.06. The number of ether oxygens (including phenoxy) is 1. The number of nitrogens with one attached hydrogen (secondary N) is 2. The molecule has 0 heterocycles. The molecule has 3 N–H and O–H groups in total. The first-order valence-electron chi connectivity index (χ1n) is 11.6. The molecule has 1 saturated carbocycles. The van der Waals surface area contributed by atoms with Crippen molar-refractivity contribution in [1.82, 2.24) is 10.6 Å². The first kappa shape index (κ1) is 22.8. The van der Waals surface area contributed by atoms with E-state index in [1.165, 1.54) is 11.1 Å². The molecule has 2 aromatic rings. The van der Waals surface area contributed by atoms with Gasteiger partial charge in [0.05, 0.1) is 12.3 Å². The summed E-state index contributed by atoms with van der Waals surface area (Å²) in [5, 5.41) is 14.7. The smallest absolute Gasteiger partial charge is 0.407 e. The van der Waals surface area contributed by atoms with Gasteiger partial charge in [0.15, 0.2) is 0 Å². The number of amides is 2. The maximum Gasteiger partial charge on any atom is 0.407 e. The van der Waals surface area contributed by atoms with Gasteiger partial charge in [-0.3, -0.25) is 9.59 Å². The molecule has 0 aromatic heterocycles. The average molecular weight is 451 g/mol. The second-order valence-electron chi connectivity index (χ2n) is 8.83.